The largest absolute Gasteiger partial charge is 0.510 e. The quantitative estimate of drug-likeness (QED) is 0.794. The van der Waals surface area contributed by atoms with Crippen LogP contribution in [0.5, 0.6) is 0 Å². The minimum Gasteiger partial charge on any atom is -0.429 e. The highest BCUT2D eigenvalue weighted by Crippen LogP contribution is 2.17. The number of ether oxygens (including phenoxy) is 2. The zero-order chi connectivity index (χ0) is 14.2. The topological polar surface area (TPSA) is 59.3 Å². The molecule has 2 aromatic carbocycles. The number of hydrogen-bond donors (Lipinski definition) is 0. The summed E-state index contributed by atoms with van der Waals surface area (Å²) in [4.78, 5) is 11.6. The van der Waals surface area contributed by atoms with Gasteiger partial charge in [-0.1, -0.05) is 60.7 Å². The average Bonchev–Trinajstić information content (AvgIpc) is 2.52. The fraction of sp³-hybridized carbons (Fsp3) is 0.125. The normalized spacial score (nSPS) is 11.2. The second kappa shape index (κ2) is 6.95. The molecule has 0 N–H and O–H groups in total. The Morgan fingerprint density at radius 2 is 1.65 bits per heavy atom. The molecule has 0 aliphatic heterocycles. The third-order valence-electron chi connectivity index (χ3n) is 2.63. The number of nitriles is 1. The van der Waals surface area contributed by atoms with Gasteiger partial charge in [0.05, 0.1) is 0 Å². The predicted molar refractivity (Wildman–Crippen MR) is 72.5 cm³/mol. The van der Waals surface area contributed by atoms with E-state index in [1.807, 2.05) is 42.5 Å². The Kier molecular flexibility index (Phi) is 4.74. The van der Waals surface area contributed by atoms with Crippen molar-refractivity contribution in [2.75, 3.05) is 0 Å². The summed E-state index contributed by atoms with van der Waals surface area (Å²) in [6.07, 6.45) is -1.82. The van der Waals surface area contributed by atoms with Crippen LogP contribution < -0.4 is 0 Å². The number of carbonyl (C=O) groups is 1. The number of carbonyl (C=O) groups excluding carboxylic acids is 1. The Bertz CT molecular complexity index is 590. The minimum absolute atomic E-state index is 0.118. The molecule has 0 heterocycles. The minimum atomic E-state index is -0.959. The molecule has 0 aromatic heterocycles. The molecule has 0 saturated carbocycles. The fourth-order valence-corrected chi connectivity index (χ4v) is 1.64. The highest BCUT2D eigenvalue weighted by atomic mass is 16.7. The molecule has 4 heteroatoms. The molecule has 100 valence electrons. The first-order valence-electron chi connectivity index (χ1n) is 6.11. The molecule has 1 atom stereocenters. The second-order valence-electron chi connectivity index (χ2n) is 4.06. The van der Waals surface area contributed by atoms with E-state index in [0.29, 0.717) is 5.56 Å². The van der Waals surface area contributed by atoms with Crippen molar-refractivity contribution in [2.45, 2.75) is 12.7 Å². The van der Waals surface area contributed by atoms with Crippen molar-refractivity contribution < 1.29 is 14.3 Å². The van der Waals surface area contributed by atoms with Gasteiger partial charge in [-0.05, 0) is 5.56 Å². The lowest BCUT2D eigenvalue weighted by molar-refractivity contribution is 0.0338. The molecular formula is C16H13NO3. The molecule has 4 nitrogen and oxygen atoms in total. The van der Waals surface area contributed by atoms with Crippen molar-refractivity contribution >= 4 is 6.16 Å². The first kappa shape index (κ1) is 13.6. The van der Waals surface area contributed by atoms with Gasteiger partial charge in [-0.3, -0.25) is 0 Å². The second-order valence-corrected chi connectivity index (χ2v) is 4.06. The van der Waals surface area contributed by atoms with Crippen molar-refractivity contribution in [3.8, 4) is 6.07 Å². The zero-order valence-electron chi connectivity index (χ0n) is 10.7. The highest BCUT2D eigenvalue weighted by Gasteiger charge is 2.16. The number of nitrogens with zero attached hydrogens (tertiary/aromatic N) is 1. The molecule has 0 saturated heterocycles. The monoisotopic (exact) mass is 267 g/mol. The van der Waals surface area contributed by atoms with Crippen molar-refractivity contribution in [1.82, 2.24) is 0 Å². The Hall–Kier alpha value is -2.80. The van der Waals surface area contributed by atoms with Gasteiger partial charge in [-0.15, -0.1) is 0 Å². The molecule has 0 spiro atoms. The lowest BCUT2D eigenvalue weighted by atomic mass is 10.1. The standard InChI is InChI=1S/C16H13NO3/c17-11-15(14-9-5-2-6-10-14)20-16(18)19-12-13-7-3-1-4-8-13/h1-10,15H,12H2/t15-/m0/s1. The first-order valence-corrected chi connectivity index (χ1v) is 6.11. The van der Waals surface area contributed by atoms with Crippen LogP contribution in [-0.4, -0.2) is 6.16 Å². The summed E-state index contributed by atoms with van der Waals surface area (Å²) in [7, 11) is 0. The van der Waals surface area contributed by atoms with Gasteiger partial charge in [-0.2, -0.15) is 5.26 Å². The summed E-state index contributed by atoms with van der Waals surface area (Å²) in [6.45, 7) is 0.118. The van der Waals surface area contributed by atoms with Crippen LogP contribution in [0.4, 0.5) is 4.79 Å². The highest BCUT2D eigenvalue weighted by molar-refractivity contribution is 5.60. The summed E-state index contributed by atoms with van der Waals surface area (Å²) in [5.41, 5.74) is 1.48. The molecule has 0 unspecified atom stereocenters. The van der Waals surface area contributed by atoms with Crippen LogP contribution >= 0.6 is 0 Å². The van der Waals surface area contributed by atoms with E-state index >= 15 is 0 Å². The van der Waals surface area contributed by atoms with E-state index in [0.717, 1.165) is 5.56 Å². The van der Waals surface area contributed by atoms with Gasteiger partial charge >= 0.3 is 6.16 Å². The molecule has 0 radical (unpaired) electrons. The van der Waals surface area contributed by atoms with Crippen molar-refractivity contribution in [3.05, 3.63) is 71.8 Å². The summed E-state index contributed by atoms with van der Waals surface area (Å²) in [5.74, 6) is 0. The maximum absolute atomic E-state index is 11.6. The molecule has 0 aliphatic carbocycles. The lowest BCUT2D eigenvalue weighted by Crippen LogP contribution is -2.11. The predicted octanol–water partition coefficient (Wildman–Crippen LogP) is 3.60. The maximum Gasteiger partial charge on any atom is 0.510 e. The molecule has 0 bridgehead atoms. The smallest absolute Gasteiger partial charge is 0.429 e. The molecule has 0 amide bonds. The van der Waals surface area contributed by atoms with E-state index in [1.54, 1.807) is 24.3 Å². The number of rotatable bonds is 4. The van der Waals surface area contributed by atoms with Crippen LogP contribution in [0.25, 0.3) is 0 Å². The summed E-state index contributed by atoms with van der Waals surface area (Å²) in [6, 6.07) is 20.0. The molecule has 2 rings (SSSR count). The van der Waals surface area contributed by atoms with Gasteiger partial charge in [0.2, 0.25) is 6.10 Å². The summed E-state index contributed by atoms with van der Waals surface area (Å²) in [5, 5.41) is 9.03. The van der Waals surface area contributed by atoms with Crippen molar-refractivity contribution in [3.63, 3.8) is 0 Å². The zero-order valence-corrected chi connectivity index (χ0v) is 10.7. The van der Waals surface area contributed by atoms with E-state index in [1.165, 1.54) is 0 Å². The third-order valence-corrected chi connectivity index (χ3v) is 2.63. The molecular weight excluding hydrogens is 254 g/mol. The van der Waals surface area contributed by atoms with E-state index in [9.17, 15) is 4.79 Å². The Morgan fingerprint density at radius 3 is 2.25 bits per heavy atom. The van der Waals surface area contributed by atoms with Gasteiger partial charge in [0.25, 0.3) is 0 Å². The van der Waals surface area contributed by atoms with Crippen LogP contribution in [-0.2, 0) is 16.1 Å². The van der Waals surface area contributed by atoms with E-state index in [-0.39, 0.29) is 6.61 Å². The SMILES string of the molecule is N#C[C@H](OC(=O)OCc1ccccc1)c1ccccc1. The van der Waals surface area contributed by atoms with Crippen LogP contribution in [0.1, 0.15) is 17.2 Å². The third kappa shape index (κ3) is 3.85. The lowest BCUT2D eigenvalue weighted by Gasteiger charge is -2.11. The van der Waals surface area contributed by atoms with Crippen molar-refractivity contribution in [1.29, 1.82) is 5.26 Å². The van der Waals surface area contributed by atoms with Crippen LogP contribution in [0.2, 0.25) is 0 Å². The first-order chi connectivity index (χ1) is 9.79. The Morgan fingerprint density at radius 1 is 1.05 bits per heavy atom. The average molecular weight is 267 g/mol. The summed E-state index contributed by atoms with van der Waals surface area (Å²) < 4.78 is 9.95. The molecule has 2 aromatic rings. The molecule has 0 fully saturated rings. The fourth-order valence-electron chi connectivity index (χ4n) is 1.64. The Balaban J connectivity index is 1.89. The maximum atomic E-state index is 11.6. The van der Waals surface area contributed by atoms with Crippen LogP contribution in [0.3, 0.4) is 0 Å². The van der Waals surface area contributed by atoms with E-state index < -0.39 is 12.3 Å². The Labute approximate surface area is 117 Å². The van der Waals surface area contributed by atoms with Gasteiger partial charge in [0.15, 0.2) is 0 Å². The molecule has 0 aliphatic rings. The van der Waals surface area contributed by atoms with E-state index in [4.69, 9.17) is 14.7 Å². The van der Waals surface area contributed by atoms with Gasteiger partial charge in [0, 0.05) is 5.56 Å². The summed E-state index contributed by atoms with van der Waals surface area (Å²) >= 11 is 0. The van der Waals surface area contributed by atoms with Crippen LogP contribution in [0, 0.1) is 11.3 Å². The van der Waals surface area contributed by atoms with Gasteiger partial charge in [-0.25, -0.2) is 4.79 Å². The van der Waals surface area contributed by atoms with Crippen LogP contribution in [0.15, 0.2) is 60.7 Å². The molecule has 20 heavy (non-hydrogen) atoms. The number of benzene rings is 2. The van der Waals surface area contributed by atoms with E-state index in [2.05, 4.69) is 0 Å². The number of hydrogen-bond acceptors (Lipinski definition) is 4. The van der Waals surface area contributed by atoms with Gasteiger partial charge in [0.1, 0.15) is 12.7 Å². The van der Waals surface area contributed by atoms with Gasteiger partial charge < -0.3 is 9.47 Å². The van der Waals surface area contributed by atoms with Crippen molar-refractivity contribution in [2.24, 2.45) is 0 Å².